The van der Waals surface area contributed by atoms with Gasteiger partial charge in [-0.3, -0.25) is 4.98 Å². The normalized spacial score (nSPS) is 15.1. The number of hydrogen-bond acceptors (Lipinski definition) is 4. The number of aromatic nitrogens is 1. The predicted molar refractivity (Wildman–Crippen MR) is 129 cm³/mol. The molecule has 34 heavy (non-hydrogen) atoms. The number of benzene rings is 3. The molecule has 0 spiro atoms. The van der Waals surface area contributed by atoms with Gasteiger partial charge < -0.3 is 10.4 Å². The van der Waals surface area contributed by atoms with Crippen molar-refractivity contribution in [3.8, 4) is 16.9 Å². The Bertz CT molecular complexity index is 1370. The first-order chi connectivity index (χ1) is 16.6. The molecule has 5 rings (SSSR count). The number of nitrogens with one attached hydrogen (secondary N) is 1. The highest BCUT2D eigenvalue weighted by molar-refractivity contribution is 6.04. The summed E-state index contributed by atoms with van der Waals surface area (Å²) in [5.74, 6) is -0.245. The van der Waals surface area contributed by atoms with E-state index in [2.05, 4.69) is 15.4 Å². The van der Waals surface area contributed by atoms with E-state index >= 15 is 0 Å². The molecule has 0 radical (unpaired) electrons. The van der Waals surface area contributed by atoms with E-state index in [1.165, 1.54) is 11.1 Å². The lowest BCUT2D eigenvalue weighted by molar-refractivity contribution is 0.199. The smallest absolute Gasteiger partial charge is 0.342 e. The van der Waals surface area contributed by atoms with Crippen LogP contribution in [0.15, 0.2) is 102 Å². The van der Waals surface area contributed by atoms with Crippen molar-refractivity contribution in [3.63, 3.8) is 0 Å². The maximum absolute atomic E-state index is 14.3. The van der Waals surface area contributed by atoms with Gasteiger partial charge in [0.05, 0.1) is 11.8 Å². The number of aromatic hydroxyl groups is 1. The van der Waals surface area contributed by atoms with E-state index in [4.69, 9.17) is 0 Å². The van der Waals surface area contributed by atoms with Crippen molar-refractivity contribution in [2.24, 2.45) is 5.10 Å². The molecular weight excluding hydrogens is 431 g/mol. The van der Waals surface area contributed by atoms with Gasteiger partial charge in [0, 0.05) is 41.2 Å². The van der Waals surface area contributed by atoms with Gasteiger partial charge in [-0.25, -0.2) is 14.2 Å². The molecule has 1 atom stereocenters. The predicted octanol–water partition coefficient (Wildman–Crippen LogP) is 5.98. The number of phenols is 1. The minimum Gasteiger partial charge on any atom is -0.508 e. The van der Waals surface area contributed by atoms with Crippen LogP contribution in [0.4, 0.5) is 14.9 Å². The number of nitrogens with zero attached hydrogens (tertiary/aromatic N) is 3. The highest BCUT2D eigenvalue weighted by atomic mass is 19.1. The second-order valence-corrected chi connectivity index (χ2v) is 7.90. The van der Waals surface area contributed by atoms with Gasteiger partial charge in [-0.05, 0) is 35.9 Å². The maximum Gasteiger partial charge on any atom is 0.342 e. The van der Waals surface area contributed by atoms with E-state index in [1.807, 2.05) is 18.2 Å². The van der Waals surface area contributed by atoms with Crippen LogP contribution in [0.5, 0.6) is 5.75 Å². The summed E-state index contributed by atoms with van der Waals surface area (Å²) in [7, 11) is 0. The van der Waals surface area contributed by atoms with Gasteiger partial charge in [0.15, 0.2) is 0 Å². The zero-order chi connectivity index (χ0) is 23.5. The molecule has 2 heterocycles. The molecule has 1 aromatic heterocycles. The Labute approximate surface area is 196 Å². The summed E-state index contributed by atoms with van der Waals surface area (Å²) in [5, 5.41) is 19.2. The van der Waals surface area contributed by atoms with Crippen LogP contribution in [0.2, 0.25) is 0 Å². The number of hydrazone groups is 1. The van der Waals surface area contributed by atoms with Crippen molar-refractivity contribution in [1.29, 1.82) is 0 Å². The van der Waals surface area contributed by atoms with Gasteiger partial charge in [-0.15, -0.1) is 0 Å². The molecule has 1 aliphatic heterocycles. The largest absolute Gasteiger partial charge is 0.508 e. The van der Waals surface area contributed by atoms with Gasteiger partial charge in [-0.1, -0.05) is 54.6 Å². The third-order valence-corrected chi connectivity index (χ3v) is 5.71. The van der Waals surface area contributed by atoms with Gasteiger partial charge in [0.1, 0.15) is 11.6 Å². The number of pyridine rings is 1. The van der Waals surface area contributed by atoms with Crippen molar-refractivity contribution in [2.45, 2.75) is 12.5 Å². The number of urea groups is 1. The minimum absolute atomic E-state index is 0.0921. The van der Waals surface area contributed by atoms with Gasteiger partial charge in [-0.2, -0.15) is 5.10 Å². The van der Waals surface area contributed by atoms with E-state index in [0.717, 1.165) is 5.56 Å². The molecule has 0 bridgehead atoms. The van der Waals surface area contributed by atoms with E-state index < -0.39 is 12.1 Å². The maximum atomic E-state index is 14.3. The van der Waals surface area contributed by atoms with Crippen LogP contribution < -0.4 is 5.32 Å². The fraction of sp³-hybridized carbons (Fsp3) is 0.0741. The third-order valence-electron chi connectivity index (χ3n) is 5.71. The lowest BCUT2D eigenvalue weighted by atomic mass is 9.98. The lowest BCUT2D eigenvalue weighted by Gasteiger charge is -2.23. The van der Waals surface area contributed by atoms with Crippen LogP contribution in [0, 0.1) is 5.82 Å². The summed E-state index contributed by atoms with van der Waals surface area (Å²) in [4.78, 5) is 17.5. The van der Waals surface area contributed by atoms with Crippen LogP contribution in [-0.4, -0.2) is 26.8 Å². The SMILES string of the molecule is O=C(Nc1cccc(-c2ccccc2F)c1)N1N=C(c2cccnc2)CC1c1ccccc1O. The summed E-state index contributed by atoms with van der Waals surface area (Å²) in [6, 6.07) is 23.1. The topological polar surface area (TPSA) is 77.8 Å². The highest BCUT2D eigenvalue weighted by Crippen LogP contribution is 2.37. The fourth-order valence-corrected chi connectivity index (χ4v) is 4.06. The van der Waals surface area contributed by atoms with Crippen LogP contribution in [-0.2, 0) is 0 Å². The van der Waals surface area contributed by atoms with Crippen molar-refractivity contribution in [2.75, 3.05) is 5.32 Å². The number of hydrogen-bond donors (Lipinski definition) is 2. The number of rotatable bonds is 4. The Morgan fingerprint density at radius 2 is 1.76 bits per heavy atom. The number of carbonyl (C=O) groups excluding carboxylic acids is 1. The van der Waals surface area contributed by atoms with E-state index in [1.54, 1.807) is 73.1 Å². The Balaban J connectivity index is 1.46. The Morgan fingerprint density at radius 1 is 0.971 bits per heavy atom. The van der Waals surface area contributed by atoms with E-state index in [-0.39, 0.29) is 11.6 Å². The van der Waals surface area contributed by atoms with Crippen molar-refractivity contribution in [3.05, 3.63) is 114 Å². The summed E-state index contributed by atoms with van der Waals surface area (Å²) in [6.07, 6.45) is 3.79. The number of anilines is 1. The number of para-hydroxylation sites is 1. The standard InChI is InChI=1S/C27H21FN4O2/c28-23-12-3-1-10-21(23)18-7-5-9-20(15-18)30-27(34)32-25(22-11-2-4-13-26(22)33)16-24(31-32)19-8-6-14-29-17-19/h1-15,17,25,33H,16H2,(H,30,34). The zero-order valence-corrected chi connectivity index (χ0v) is 18.1. The molecule has 7 heteroatoms. The Hall–Kier alpha value is -4.52. The second kappa shape index (κ2) is 9.15. The lowest BCUT2D eigenvalue weighted by Crippen LogP contribution is -2.31. The van der Waals surface area contributed by atoms with Gasteiger partial charge in [0.25, 0.3) is 0 Å². The molecule has 168 valence electrons. The van der Waals surface area contributed by atoms with Crippen molar-refractivity contribution >= 4 is 17.4 Å². The molecule has 0 aliphatic carbocycles. The average molecular weight is 452 g/mol. The minimum atomic E-state index is -0.494. The third kappa shape index (κ3) is 4.23. The molecule has 0 fully saturated rings. The number of amides is 2. The summed E-state index contributed by atoms with van der Waals surface area (Å²) in [5.41, 5.74) is 3.70. The van der Waals surface area contributed by atoms with Crippen molar-refractivity contribution < 1.29 is 14.3 Å². The summed E-state index contributed by atoms with van der Waals surface area (Å²) >= 11 is 0. The van der Waals surface area contributed by atoms with E-state index in [0.29, 0.717) is 34.5 Å². The molecule has 0 saturated heterocycles. The van der Waals surface area contributed by atoms with Crippen molar-refractivity contribution in [1.82, 2.24) is 9.99 Å². The first-order valence-electron chi connectivity index (χ1n) is 10.8. The Kier molecular flexibility index (Phi) is 5.74. The molecule has 2 amide bonds. The molecular formula is C27H21FN4O2. The van der Waals surface area contributed by atoms with Crippen LogP contribution in [0.1, 0.15) is 23.6 Å². The highest BCUT2D eigenvalue weighted by Gasteiger charge is 2.34. The fourth-order valence-electron chi connectivity index (χ4n) is 4.06. The molecule has 2 N–H and O–H groups in total. The zero-order valence-electron chi connectivity index (χ0n) is 18.1. The van der Waals surface area contributed by atoms with Gasteiger partial charge in [0.2, 0.25) is 0 Å². The van der Waals surface area contributed by atoms with Crippen LogP contribution >= 0.6 is 0 Å². The summed E-state index contributed by atoms with van der Waals surface area (Å²) < 4.78 is 14.3. The quantitative estimate of drug-likeness (QED) is 0.400. The molecule has 6 nitrogen and oxygen atoms in total. The number of halogens is 1. The first-order valence-corrected chi connectivity index (χ1v) is 10.8. The van der Waals surface area contributed by atoms with Crippen LogP contribution in [0.25, 0.3) is 11.1 Å². The summed E-state index contributed by atoms with van der Waals surface area (Å²) in [6.45, 7) is 0. The molecule has 1 aliphatic rings. The molecule has 0 saturated carbocycles. The first kappa shape index (κ1) is 21.3. The van der Waals surface area contributed by atoms with Gasteiger partial charge >= 0.3 is 6.03 Å². The second-order valence-electron chi connectivity index (χ2n) is 7.90. The van der Waals surface area contributed by atoms with Crippen LogP contribution in [0.3, 0.4) is 0 Å². The molecule has 4 aromatic rings. The molecule has 3 aromatic carbocycles. The molecule has 1 unspecified atom stereocenters. The Morgan fingerprint density at radius 3 is 2.56 bits per heavy atom. The monoisotopic (exact) mass is 452 g/mol. The van der Waals surface area contributed by atoms with E-state index in [9.17, 15) is 14.3 Å². The number of phenolic OH excluding ortho intramolecular Hbond substituents is 1. The average Bonchev–Trinajstić information content (AvgIpc) is 3.31. The number of carbonyl (C=O) groups is 1.